The fraction of sp³-hybridized carbons (Fsp3) is 0.500. The molecule has 2 amide bonds. The Labute approximate surface area is 172 Å². The Kier molecular flexibility index (Phi) is 6.59. The van der Waals surface area contributed by atoms with Crippen LogP contribution in [0.25, 0.3) is 4.91 Å². The molecule has 2 aliphatic heterocycles. The van der Waals surface area contributed by atoms with Gasteiger partial charge in [0.1, 0.15) is 10.7 Å². The van der Waals surface area contributed by atoms with Crippen LogP contribution in [0.4, 0.5) is 4.79 Å². The topological polar surface area (TPSA) is 100 Å². The Morgan fingerprint density at radius 3 is 2.48 bits per heavy atom. The van der Waals surface area contributed by atoms with E-state index in [9.17, 15) is 13.2 Å². The summed E-state index contributed by atoms with van der Waals surface area (Å²) in [5.41, 5.74) is 2.41. The first-order chi connectivity index (χ1) is 13.8. The molecule has 29 heavy (non-hydrogen) atoms. The standard InChI is InChI=1S/C20H28N4O4S/c1-14-4-6-16(7-5-14)18-15(2)19(23-29(18,26)27)24-11-8-17(9-12-24)22-20(25)21-10-13-28-3/h4-7,17H,8-13H2,1-3H3,(H2,21,22,25). The zero-order chi connectivity index (χ0) is 21.0. The number of methoxy groups -OCH3 is 1. The number of rotatable bonds is 5. The number of hydrogen-bond acceptors (Lipinski definition) is 5. The average molecular weight is 421 g/mol. The molecule has 2 heterocycles. The second-order valence-corrected chi connectivity index (χ2v) is 8.91. The van der Waals surface area contributed by atoms with Crippen LogP contribution >= 0.6 is 0 Å². The third-order valence-corrected chi connectivity index (χ3v) is 6.65. The number of carbonyl (C=O) groups excluding carboxylic acids is 1. The Morgan fingerprint density at radius 1 is 1.21 bits per heavy atom. The van der Waals surface area contributed by atoms with Crippen molar-refractivity contribution < 1.29 is 17.9 Å². The van der Waals surface area contributed by atoms with Crippen LogP contribution < -0.4 is 10.6 Å². The molecule has 1 saturated heterocycles. The highest BCUT2D eigenvalue weighted by Crippen LogP contribution is 2.34. The Balaban J connectivity index is 1.65. The highest BCUT2D eigenvalue weighted by molar-refractivity contribution is 8.00. The number of likely N-dealkylation sites (tertiary alicyclic amines) is 1. The minimum Gasteiger partial charge on any atom is -0.383 e. The third-order valence-electron chi connectivity index (χ3n) is 5.18. The van der Waals surface area contributed by atoms with Gasteiger partial charge in [-0.1, -0.05) is 29.8 Å². The highest BCUT2D eigenvalue weighted by atomic mass is 32.2. The molecule has 2 aliphatic rings. The van der Waals surface area contributed by atoms with Gasteiger partial charge in [0.25, 0.3) is 10.0 Å². The number of urea groups is 1. The van der Waals surface area contributed by atoms with Crippen LogP contribution in [-0.2, 0) is 14.8 Å². The first kappa shape index (κ1) is 21.3. The van der Waals surface area contributed by atoms with E-state index < -0.39 is 10.0 Å². The van der Waals surface area contributed by atoms with Crippen molar-refractivity contribution >= 4 is 26.8 Å². The smallest absolute Gasteiger partial charge is 0.315 e. The number of aryl methyl sites for hydroxylation is 1. The molecule has 1 aromatic rings. The van der Waals surface area contributed by atoms with Gasteiger partial charge in [0.05, 0.1) is 6.61 Å². The van der Waals surface area contributed by atoms with Gasteiger partial charge in [0.15, 0.2) is 0 Å². The molecule has 0 aromatic heterocycles. The number of amidine groups is 1. The second-order valence-electron chi connectivity index (χ2n) is 7.36. The molecule has 1 aromatic carbocycles. The van der Waals surface area contributed by atoms with E-state index in [-0.39, 0.29) is 17.0 Å². The lowest BCUT2D eigenvalue weighted by Gasteiger charge is -2.33. The SMILES string of the molecule is COCCNC(=O)NC1CCN(C2=NS(=O)(=O)C(c3ccc(C)cc3)=C2C)CC1. The van der Waals surface area contributed by atoms with Crippen LogP contribution in [0.2, 0.25) is 0 Å². The molecule has 0 aliphatic carbocycles. The van der Waals surface area contributed by atoms with E-state index in [1.54, 1.807) is 7.11 Å². The zero-order valence-electron chi connectivity index (χ0n) is 17.1. The number of hydrogen-bond donors (Lipinski definition) is 2. The molecule has 0 unspecified atom stereocenters. The molecule has 9 heteroatoms. The quantitative estimate of drug-likeness (QED) is 0.709. The number of nitrogens with one attached hydrogen (secondary N) is 2. The predicted molar refractivity (Wildman–Crippen MR) is 113 cm³/mol. The Bertz CT molecular complexity index is 914. The van der Waals surface area contributed by atoms with Crippen molar-refractivity contribution in [2.45, 2.75) is 32.7 Å². The minimum atomic E-state index is -3.71. The average Bonchev–Trinajstić information content (AvgIpc) is 2.92. The first-order valence-corrected chi connectivity index (χ1v) is 11.2. The number of carbonyl (C=O) groups is 1. The maximum absolute atomic E-state index is 12.7. The van der Waals surface area contributed by atoms with E-state index in [1.807, 2.05) is 43.0 Å². The van der Waals surface area contributed by atoms with E-state index in [4.69, 9.17) is 4.74 Å². The van der Waals surface area contributed by atoms with Gasteiger partial charge in [-0.25, -0.2) is 4.79 Å². The van der Waals surface area contributed by atoms with E-state index in [0.29, 0.717) is 43.2 Å². The van der Waals surface area contributed by atoms with E-state index in [1.165, 1.54) is 0 Å². The molecule has 0 atom stereocenters. The van der Waals surface area contributed by atoms with Gasteiger partial charge < -0.3 is 20.3 Å². The molecule has 0 radical (unpaired) electrons. The molecule has 0 saturated carbocycles. The van der Waals surface area contributed by atoms with E-state index in [0.717, 1.165) is 18.4 Å². The zero-order valence-corrected chi connectivity index (χ0v) is 17.9. The van der Waals surface area contributed by atoms with Crippen LogP contribution in [0, 0.1) is 6.92 Å². The number of benzene rings is 1. The van der Waals surface area contributed by atoms with Crippen LogP contribution in [0.5, 0.6) is 0 Å². The van der Waals surface area contributed by atoms with Crippen molar-refractivity contribution in [1.29, 1.82) is 0 Å². The van der Waals surface area contributed by atoms with Gasteiger partial charge >= 0.3 is 6.03 Å². The summed E-state index contributed by atoms with van der Waals surface area (Å²) < 4.78 is 34.4. The summed E-state index contributed by atoms with van der Waals surface area (Å²) in [5.74, 6) is 0.517. The van der Waals surface area contributed by atoms with Crippen molar-refractivity contribution in [3.8, 4) is 0 Å². The van der Waals surface area contributed by atoms with Crippen LogP contribution in [0.15, 0.2) is 34.2 Å². The van der Waals surface area contributed by atoms with Gasteiger partial charge in [-0.2, -0.15) is 8.42 Å². The number of sulfonamides is 1. The predicted octanol–water partition coefficient (Wildman–Crippen LogP) is 1.88. The third kappa shape index (κ3) is 4.97. The molecule has 2 N–H and O–H groups in total. The molecule has 3 rings (SSSR count). The summed E-state index contributed by atoms with van der Waals surface area (Å²) in [7, 11) is -2.13. The molecule has 1 fully saturated rings. The number of ether oxygens (including phenoxy) is 1. The summed E-state index contributed by atoms with van der Waals surface area (Å²) in [4.78, 5) is 14.2. The molecular formula is C20H28N4O4S. The van der Waals surface area contributed by atoms with Gasteiger partial charge in [0, 0.05) is 38.4 Å². The van der Waals surface area contributed by atoms with Crippen molar-refractivity contribution in [3.63, 3.8) is 0 Å². The molecule has 8 nitrogen and oxygen atoms in total. The monoisotopic (exact) mass is 420 g/mol. The van der Waals surface area contributed by atoms with Gasteiger partial charge in [-0.3, -0.25) is 0 Å². The summed E-state index contributed by atoms with van der Waals surface area (Å²) in [6.07, 6.45) is 1.45. The summed E-state index contributed by atoms with van der Waals surface area (Å²) >= 11 is 0. The molecule has 0 bridgehead atoms. The van der Waals surface area contributed by atoms with Gasteiger partial charge in [0.2, 0.25) is 0 Å². The molecule has 158 valence electrons. The fourth-order valence-corrected chi connectivity index (χ4v) is 5.11. The highest BCUT2D eigenvalue weighted by Gasteiger charge is 2.34. The Hall–Kier alpha value is -2.39. The van der Waals surface area contributed by atoms with Crippen LogP contribution in [0.3, 0.4) is 0 Å². The number of piperidine rings is 1. The molecular weight excluding hydrogens is 392 g/mol. The summed E-state index contributed by atoms with van der Waals surface area (Å²) in [5, 5.41) is 5.70. The van der Waals surface area contributed by atoms with Crippen molar-refractivity contribution in [1.82, 2.24) is 15.5 Å². The lowest BCUT2D eigenvalue weighted by molar-refractivity contribution is 0.193. The maximum Gasteiger partial charge on any atom is 0.315 e. The van der Waals surface area contributed by atoms with Gasteiger partial charge in [-0.15, -0.1) is 4.40 Å². The molecule has 0 spiro atoms. The lowest BCUT2D eigenvalue weighted by Crippen LogP contribution is -2.49. The normalized spacial score (nSPS) is 19.3. The first-order valence-electron chi connectivity index (χ1n) is 9.73. The minimum absolute atomic E-state index is 0.0493. The lowest BCUT2D eigenvalue weighted by atomic mass is 10.0. The summed E-state index contributed by atoms with van der Waals surface area (Å²) in [6.45, 7) is 5.97. The summed E-state index contributed by atoms with van der Waals surface area (Å²) in [6, 6.07) is 7.29. The Morgan fingerprint density at radius 2 is 1.86 bits per heavy atom. The largest absolute Gasteiger partial charge is 0.383 e. The van der Waals surface area contributed by atoms with Crippen molar-refractivity contribution in [2.24, 2.45) is 4.40 Å². The van der Waals surface area contributed by atoms with Gasteiger partial charge in [-0.05, 0) is 32.3 Å². The van der Waals surface area contributed by atoms with Crippen LogP contribution in [0.1, 0.15) is 30.9 Å². The maximum atomic E-state index is 12.7. The van der Waals surface area contributed by atoms with E-state index in [2.05, 4.69) is 15.0 Å². The van der Waals surface area contributed by atoms with Crippen molar-refractivity contribution in [3.05, 3.63) is 41.0 Å². The fourth-order valence-electron chi connectivity index (χ4n) is 3.63. The van der Waals surface area contributed by atoms with Crippen LogP contribution in [-0.4, -0.2) is 64.6 Å². The number of nitrogens with zero attached hydrogens (tertiary/aromatic N) is 2. The van der Waals surface area contributed by atoms with E-state index >= 15 is 0 Å². The number of amides is 2. The van der Waals surface area contributed by atoms with Crippen molar-refractivity contribution in [2.75, 3.05) is 33.4 Å². The second kappa shape index (κ2) is 8.96.